The van der Waals surface area contributed by atoms with Crippen molar-refractivity contribution in [2.75, 3.05) is 7.11 Å². The first-order valence-corrected chi connectivity index (χ1v) is 7.94. The number of methoxy groups -OCH3 is 1. The number of benzene rings is 1. The lowest BCUT2D eigenvalue weighted by molar-refractivity contribution is -0.159. The number of esters is 1. The van der Waals surface area contributed by atoms with Gasteiger partial charge in [0.05, 0.1) is 18.6 Å². The molecule has 0 saturated heterocycles. The normalized spacial score (nSPS) is 15.1. The smallest absolute Gasteiger partial charge is 0.357 e. The number of carbonyl (C=O) groups is 1. The van der Waals surface area contributed by atoms with E-state index in [0.717, 1.165) is 5.56 Å². The van der Waals surface area contributed by atoms with Gasteiger partial charge in [0.2, 0.25) is 0 Å². The van der Waals surface area contributed by atoms with Gasteiger partial charge in [-0.15, -0.1) is 0 Å². The van der Waals surface area contributed by atoms with E-state index in [1.54, 1.807) is 10.9 Å². The van der Waals surface area contributed by atoms with Crippen LogP contribution in [0.15, 0.2) is 42.9 Å². The molecule has 6 nitrogen and oxygen atoms in total. The third-order valence-corrected chi connectivity index (χ3v) is 4.00. The number of hydrogen-bond donors (Lipinski definition) is 1. The number of aliphatic hydroxyl groups excluding tert-OH is 1. The first-order valence-electron chi connectivity index (χ1n) is 7.94. The summed E-state index contributed by atoms with van der Waals surface area (Å²) in [5.74, 6) is -0.628. The number of imidazole rings is 1. The van der Waals surface area contributed by atoms with Gasteiger partial charge in [-0.05, 0) is 18.4 Å². The zero-order chi connectivity index (χ0) is 17.7. The third-order valence-electron chi connectivity index (χ3n) is 4.00. The number of nitrogens with zero attached hydrogens (tertiary/aromatic N) is 2. The van der Waals surface area contributed by atoms with E-state index in [1.807, 2.05) is 51.1 Å². The zero-order valence-corrected chi connectivity index (χ0v) is 14.4. The van der Waals surface area contributed by atoms with Gasteiger partial charge in [0.1, 0.15) is 5.69 Å². The maximum atomic E-state index is 12.5. The first kappa shape index (κ1) is 18.2. The molecule has 0 radical (unpaired) electrons. The van der Waals surface area contributed by atoms with Crippen LogP contribution in [0.2, 0.25) is 0 Å². The molecule has 3 atom stereocenters. The van der Waals surface area contributed by atoms with Crippen LogP contribution in [0.5, 0.6) is 0 Å². The Morgan fingerprint density at radius 1 is 1.21 bits per heavy atom. The number of carbonyl (C=O) groups excluding carboxylic acids is 1. The molecule has 1 unspecified atom stereocenters. The second-order valence-electron chi connectivity index (χ2n) is 6.01. The van der Waals surface area contributed by atoms with Crippen LogP contribution < -0.4 is 0 Å². The van der Waals surface area contributed by atoms with E-state index in [1.165, 1.54) is 13.3 Å². The van der Waals surface area contributed by atoms with E-state index in [9.17, 15) is 9.90 Å². The van der Waals surface area contributed by atoms with Crippen molar-refractivity contribution in [3.05, 3.63) is 54.1 Å². The summed E-state index contributed by atoms with van der Waals surface area (Å²) in [6, 6.07) is 9.76. The highest BCUT2D eigenvalue weighted by Gasteiger charge is 2.29. The van der Waals surface area contributed by atoms with Gasteiger partial charge in [-0.2, -0.15) is 0 Å². The van der Waals surface area contributed by atoms with Crippen molar-refractivity contribution in [1.29, 1.82) is 0 Å². The SMILES string of the molecule is COC(O)[C@H](OC(=O)c1cncn1[C@H](C)c1ccccc1)C(C)C. The van der Waals surface area contributed by atoms with Gasteiger partial charge in [-0.25, -0.2) is 9.78 Å². The van der Waals surface area contributed by atoms with Crippen molar-refractivity contribution in [2.45, 2.75) is 39.2 Å². The second kappa shape index (κ2) is 8.08. The first-order chi connectivity index (χ1) is 11.5. The number of aromatic nitrogens is 2. The molecule has 1 aromatic carbocycles. The average molecular weight is 332 g/mol. The highest BCUT2D eigenvalue weighted by molar-refractivity contribution is 5.87. The highest BCUT2D eigenvalue weighted by atomic mass is 16.6. The quantitative estimate of drug-likeness (QED) is 0.623. The molecular weight excluding hydrogens is 308 g/mol. The van der Waals surface area contributed by atoms with E-state index in [-0.39, 0.29) is 12.0 Å². The number of rotatable bonds is 7. The standard InChI is InChI=1S/C18H24N2O4/c1-12(2)16(18(22)23-4)24-17(21)15-10-19-11-20(15)13(3)14-8-6-5-7-9-14/h5-13,16,18,22H,1-4H3/t13-,16-,18?/m1/s1. The summed E-state index contributed by atoms with van der Waals surface area (Å²) in [7, 11) is 1.37. The van der Waals surface area contributed by atoms with Gasteiger partial charge >= 0.3 is 5.97 Å². The Morgan fingerprint density at radius 2 is 1.88 bits per heavy atom. The summed E-state index contributed by atoms with van der Waals surface area (Å²) in [5.41, 5.74) is 1.39. The van der Waals surface area contributed by atoms with Crippen LogP contribution in [0.4, 0.5) is 0 Å². The predicted octanol–water partition coefficient (Wildman–Crippen LogP) is 2.64. The molecule has 130 valence electrons. The monoisotopic (exact) mass is 332 g/mol. The molecule has 24 heavy (non-hydrogen) atoms. The molecule has 2 rings (SSSR count). The lowest BCUT2D eigenvalue weighted by Crippen LogP contribution is -2.37. The molecule has 0 amide bonds. The van der Waals surface area contributed by atoms with Crippen molar-refractivity contribution in [2.24, 2.45) is 5.92 Å². The van der Waals surface area contributed by atoms with Crippen LogP contribution in [-0.2, 0) is 9.47 Å². The van der Waals surface area contributed by atoms with Crippen molar-refractivity contribution < 1.29 is 19.4 Å². The minimum absolute atomic E-state index is 0.0684. The Bertz CT molecular complexity index is 654. The fraction of sp³-hybridized carbons (Fsp3) is 0.444. The van der Waals surface area contributed by atoms with Gasteiger partial charge in [-0.1, -0.05) is 44.2 Å². The van der Waals surface area contributed by atoms with E-state index in [4.69, 9.17) is 9.47 Å². The topological polar surface area (TPSA) is 73.6 Å². The lowest BCUT2D eigenvalue weighted by Gasteiger charge is -2.25. The summed E-state index contributed by atoms with van der Waals surface area (Å²) >= 11 is 0. The molecule has 0 aliphatic rings. The number of ether oxygens (including phenoxy) is 2. The molecule has 0 fully saturated rings. The Hall–Kier alpha value is -2.18. The van der Waals surface area contributed by atoms with Crippen LogP contribution in [0.1, 0.15) is 42.9 Å². The van der Waals surface area contributed by atoms with Crippen LogP contribution >= 0.6 is 0 Å². The van der Waals surface area contributed by atoms with Gasteiger partial charge in [0, 0.05) is 7.11 Å². The minimum Gasteiger partial charge on any atom is -0.452 e. The summed E-state index contributed by atoms with van der Waals surface area (Å²) in [4.78, 5) is 16.6. The van der Waals surface area contributed by atoms with Crippen molar-refractivity contribution in [1.82, 2.24) is 9.55 Å². The van der Waals surface area contributed by atoms with E-state index < -0.39 is 18.4 Å². The summed E-state index contributed by atoms with van der Waals surface area (Å²) in [6.07, 6.45) is 1.15. The van der Waals surface area contributed by atoms with Crippen LogP contribution in [-0.4, -0.2) is 40.1 Å². The van der Waals surface area contributed by atoms with Gasteiger partial charge < -0.3 is 19.1 Å². The summed E-state index contributed by atoms with van der Waals surface area (Å²) in [5, 5.41) is 9.87. The Kier molecular flexibility index (Phi) is 6.11. The molecule has 2 aromatic rings. The molecular formula is C18H24N2O4. The Balaban J connectivity index is 2.21. The maximum absolute atomic E-state index is 12.5. The molecule has 1 heterocycles. The molecule has 0 bridgehead atoms. The molecule has 0 aliphatic carbocycles. The summed E-state index contributed by atoms with van der Waals surface area (Å²) < 4.78 is 12.1. The molecule has 0 saturated carbocycles. The van der Waals surface area contributed by atoms with Crippen molar-refractivity contribution in [3.8, 4) is 0 Å². The van der Waals surface area contributed by atoms with E-state index >= 15 is 0 Å². The molecule has 1 N–H and O–H groups in total. The lowest BCUT2D eigenvalue weighted by atomic mass is 10.1. The third kappa shape index (κ3) is 4.01. The predicted molar refractivity (Wildman–Crippen MR) is 89.5 cm³/mol. The van der Waals surface area contributed by atoms with Crippen molar-refractivity contribution >= 4 is 5.97 Å². The molecule has 0 aliphatic heterocycles. The van der Waals surface area contributed by atoms with Crippen LogP contribution in [0.3, 0.4) is 0 Å². The fourth-order valence-corrected chi connectivity index (χ4v) is 2.51. The van der Waals surface area contributed by atoms with Gasteiger partial charge in [0.15, 0.2) is 12.4 Å². The van der Waals surface area contributed by atoms with Crippen LogP contribution in [0.25, 0.3) is 0 Å². The summed E-state index contributed by atoms with van der Waals surface area (Å²) in [6.45, 7) is 5.69. The maximum Gasteiger partial charge on any atom is 0.357 e. The fourth-order valence-electron chi connectivity index (χ4n) is 2.51. The van der Waals surface area contributed by atoms with Crippen molar-refractivity contribution in [3.63, 3.8) is 0 Å². The average Bonchev–Trinajstić information content (AvgIpc) is 3.08. The van der Waals surface area contributed by atoms with Gasteiger partial charge in [0.25, 0.3) is 0 Å². The Labute approximate surface area is 142 Å². The number of aliphatic hydroxyl groups is 1. The van der Waals surface area contributed by atoms with Gasteiger partial charge in [-0.3, -0.25) is 0 Å². The number of hydrogen-bond acceptors (Lipinski definition) is 5. The van der Waals surface area contributed by atoms with E-state index in [0.29, 0.717) is 5.69 Å². The Morgan fingerprint density at radius 3 is 2.46 bits per heavy atom. The highest BCUT2D eigenvalue weighted by Crippen LogP contribution is 2.21. The minimum atomic E-state index is -1.17. The largest absolute Gasteiger partial charge is 0.452 e. The second-order valence-corrected chi connectivity index (χ2v) is 6.01. The van der Waals surface area contributed by atoms with E-state index in [2.05, 4.69) is 4.98 Å². The molecule has 6 heteroatoms. The molecule has 0 spiro atoms. The van der Waals surface area contributed by atoms with Crippen LogP contribution in [0, 0.1) is 5.92 Å². The zero-order valence-electron chi connectivity index (χ0n) is 14.4. The molecule has 1 aromatic heterocycles.